The fraction of sp³-hybridized carbons (Fsp3) is 0. The van der Waals surface area contributed by atoms with Gasteiger partial charge in [-0.15, -0.1) is 0 Å². The summed E-state index contributed by atoms with van der Waals surface area (Å²) >= 11 is 0. The third-order valence-corrected chi connectivity index (χ3v) is 3.39. The zero-order valence-corrected chi connectivity index (χ0v) is 10.8. The van der Waals surface area contributed by atoms with Crippen LogP contribution in [0.5, 0.6) is 0 Å². The van der Waals surface area contributed by atoms with Gasteiger partial charge in [-0.25, -0.2) is 0 Å². The molecule has 4 aromatic rings. The van der Waals surface area contributed by atoms with E-state index in [9.17, 15) is 0 Å². The molecular formula is C18H12N2. The summed E-state index contributed by atoms with van der Waals surface area (Å²) in [5.41, 5.74) is 4.11. The Bertz CT molecular complexity index is 817. The van der Waals surface area contributed by atoms with Gasteiger partial charge in [-0.2, -0.15) is 0 Å². The van der Waals surface area contributed by atoms with Gasteiger partial charge in [-0.05, 0) is 36.1 Å². The predicted molar refractivity (Wildman–Crippen MR) is 82.6 cm³/mol. The molecule has 0 fully saturated rings. The molecule has 94 valence electrons. The summed E-state index contributed by atoms with van der Waals surface area (Å²) in [5.74, 6) is 6.35. The molecule has 0 atom stereocenters. The van der Waals surface area contributed by atoms with E-state index in [0.717, 1.165) is 22.4 Å². The van der Waals surface area contributed by atoms with E-state index in [2.05, 4.69) is 58.2 Å². The summed E-state index contributed by atoms with van der Waals surface area (Å²) in [6.45, 7) is 0. The van der Waals surface area contributed by atoms with Crippen molar-refractivity contribution in [1.29, 1.82) is 0 Å². The van der Waals surface area contributed by atoms with Gasteiger partial charge >= 0.3 is 0 Å². The van der Waals surface area contributed by atoms with Gasteiger partial charge in [-0.1, -0.05) is 36.4 Å². The Morgan fingerprint density at radius 1 is 0.600 bits per heavy atom. The third-order valence-electron chi connectivity index (χ3n) is 3.39. The molecule has 2 N–H and O–H groups in total. The Hall–Kier alpha value is -2.92. The fourth-order valence-electron chi connectivity index (χ4n) is 2.42. The number of aromatic nitrogens is 2. The average molecular weight is 256 g/mol. The van der Waals surface area contributed by atoms with Gasteiger partial charge in [0.15, 0.2) is 0 Å². The van der Waals surface area contributed by atoms with Crippen LogP contribution in [0.2, 0.25) is 0 Å². The lowest BCUT2D eigenvalue weighted by atomic mass is 10.2. The van der Waals surface area contributed by atoms with Crippen LogP contribution in [-0.2, 0) is 0 Å². The quantitative estimate of drug-likeness (QED) is 0.445. The van der Waals surface area contributed by atoms with Crippen molar-refractivity contribution in [3.05, 3.63) is 72.1 Å². The van der Waals surface area contributed by atoms with Gasteiger partial charge in [0.2, 0.25) is 0 Å². The van der Waals surface area contributed by atoms with E-state index in [1.54, 1.807) is 0 Å². The first kappa shape index (κ1) is 11.0. The molecule has 2 aromatic heterocycles. The summed E-state index contributed by atoms with van der Waals surface area (Å²) in [6.07, 6.45) is 0. The molecular weight excluding hydrogens is 244 g/mol. The molecule has 0 aliphatic rings. The highest BCUT2D eigenvalue weighted by molar-refractivity contribution is 5.82. The number of nitrogens with one attached hydrogen (secondary N) is 2. The van der Waals surface area contributed by atoms with E-state index in [-0.39, 0.29) is 0 Å². The maximum atomic E-state index is 3.31. The lowest BCUT2D eigenvalue weighted by molar-refractivity contribution is 1.40. The van der Waals surface area contributed by atoms with Crippen molar-refractivity contribution in [1.82, 2.24) is 9.97 Å². The van der Waals surface area contributed by atoms with Gasteiger partial charge in [-0.3, -0.25) is 0 Å². The first-order valence-corrected chi connectivity index (χ1v) is 6.56. The summed E-state index contributed by atoms with van der Waals surface area (Å²) in [6, 6.07) is 20.5. The molecule has 0 saturated heterocycles. The normalized spacial score (nSPS) is 10.6. The predicted octanol–water partition coefficient (Wildman–Crippen LogP) is 4.05. The van der Waals surface area contributed by atoms with E-state index in [1.165, 1.54) is 10.8 Å². The average Bonchev–Trinajstić information content (AvgIpc) is 3.07. The zero-order chi connectivity index (χ0) is 13.4. The minimum Gasteiger partial charge on any atom is -0.348 e. The molecule has 0 bridgehead atoms. The van der Waals surface area contributed by atoms with Gasteiger partial charge < -0.3 is 9.97 Å². The zero-order valence-electron chi connectivity index (χ0n) is 10.8. The van der Waals surface area contributed by atoms with Crippen molar-refractivity contribution in [3.8, 4) is 11.8 Å². The summed E-state index contributed by atoms with van der Waals surface area (Å²) in [7, 11) is 0. The smallest absolute Gasteiger partial charge is 0.0908 e. The standard InChI is InChI=1S/C18H12N2/c1-3-7-17-13(5-1)11-15(19-17)9-10-16-12-14-6-2-4-8-18(14)20-16/h1-8,11-12,19-20H. The van der Waals surface area contributed by atoms with E-state index < -0.39 is 0 Å². The highest BCUT2D eigenvalue weighted by atomic mass is 14.7. The van der Waals surface area contributed by atoms with Crippen LogP contribution in [0.15, 0.2) is 60.7 Å². The van der Waals surface area contributed by atoms with Crippen LogP contribution in [-0.4, -0.2) is 9.97 Å². The van der Waals surface area contributed by atoms with E-state index in [0.29, 0.717) is 0 Å². The maximum absolute atomic E-state index is 3.31. The Labute approximate surface area is 116 Å². The largest absolute Gasteiger partial charge is 0.348 e. The second kappa shape index (κ2) is 4.32. The molecule has 0 unspecified atom stereocenters. The highest BCUT2D eigenvalue weighted by Crippen LogP contribution is 2.15. The molecule has 2 nitrogen and oxygen atoms in total. The van der Waals surface area contributed by atoms with E-state index >= 15 is 0 Å². The van der Waals surface area contributed by atoms with Crippen LogP contribution in [0.25, 0.3) is 21.8 Å². The molecule has 2 heteroatoms. The van der Waals surface area contributed by atoms with Crippen molar-refractivity contribution >= 4 is 21.8 Å². The second-order valence-electron chi connectivity index (χ2n) is 4.79. The molecule has 0 spiro atoms. The van der Waals surface area contributed by atoms with Gasteiger partial charge in [0.25, 0.3) is 0 Å². The molecule has 0 saturated carbocycles. The van der Waals surface area contributed by atoms with E-state index in [1.807, 2.05) is 24.3 Å². The molecule has 0 amide bonds. The summed E-state index contributed by atoms with van der Waals surface area (Å²) in [4.78, 5) is 6.62. The number of aromatic amines is 2. The van der Waals surface area contributed by atoms with Crippen molar-refractivity contribution in [2.24, 2.45) is 0 Å². The minimum atomic E-state index is 0.935. The van der Waals surface area contributed by atoms with Crippen molar-refractivity contribution in [2.75, 3.05) is 0 Å². The number of para-hydroxylation sites is 2. The van der Waals surface area contributed by atoms with Gasteiger partial charge in [0.1, 0.15) is 0 Å². The van der Waals surface area contributed by atoms with Crippen LogP contribution >= 0.6 is 0 Å². The first-order chi connectivity index (χ1) is 9.88. The number of benzene rings is 2. The lowest BCUT2D eigenvalue weighted by Gasteiger charge is -1.84. The molecule has 20 heavy (non-hydrogen) atoms. The number of H-pyrrole nitrogens is 2. The fourth-order valence-corrected chi connectivity index (χ4v) is 2.42. The lowest BCUT2D eigenvalue weighted by Crippen LogP contribution is -1.74. The van der Waals surface area contributed by atoms with Crippen LogP contribution in [0.4, 0.5) is 0 Å². The molecule has 0 aliphatic heterocycles. The van der Waals surface area contributed by atoms with Crippen LogP contribution in [0, 0.1) is 11.8 Å². The van der Waals surface area contributed by atoms with E-state index in [4.69, 9.17) is 0 Å². The topological polar surface area (TPSA) is 31.6 Å². The number of hydrogen-bond acceptors (Lipinski definition) is 0. The Morgan fingerprint density at radius 2 is 1.05 bits per heavy atom. The number of fused-ring (bicyclic) bond motifs is 2. The monoisotopic (exact) mass is 256 g/mol. The molecule has 2 aromatic carbocycles. The maximum Gasteiger partial charge on any atom is 0.0908 e. The first-order valence-electron chi connectivity index (χ1n) is 6.56. The molecule has 2 heterocycles. The Morgan fingerprint density at radius 3 is 1.50 bits per heavy atom. The van der Waals surface area contributed by atoms with Crippen LogP contribution < -0.4 is 0 Å². The van der Waals surface area contributed by atoms with Gasteiger partial charge in [0.05, 0.1) is 11.4 Å². The Kier molecular flexibility index (Phi) is 2.37. The Balaban J connectivity index is 1.74. The van der Waals surface area contributed by atoms with Crippen molar-refractivity contribution in [2.45, 2.75) is 0 Å². The highest BCUT2D eigenvalue weighted by Gasteiger charge is 1.98. The minimum absolute atomic E-state index is 0.935. The molecule has 0 aliphatic carbocycles. The van der Waals surface area contributed by atoms with Crippen LogP contribution in [0.3, 0.4) is 0 Å². The summed E-state index contributed by atoms with van der Waals surface area (Å²) < 4.78 is 0. The summed E-state index contributed by atoms with van der Waals surface area (Å²) in [5, 5.41) is 2.38. The number of rotatable bonds is 0. The second-order valence-corrected chi connectivity index (χ2v) is 4.79. The molecule has 0 radical (unpaired) electrons. The number of hydrogen-bond donors (Lipinski definition) is 2. The SMILES string of the molecule is C(#Cc1cc2ccccc2[nH]1)c1cc2ccccc2[nH]1. The third kappa shape index (κ3) is 1.86. The van der Waals surface area contributed by atoms with Gasteiger partial charge in [0, 0.05) is 21.8 Å². The van der Waals surface area contributed by atoms with Crippen LogP contribution in [0.1, 0.15) is 11.4 Å². The molecule has 4 rings (SSSR count). The van der Waals surface area contributed by atoms with Crippen molar-refractivity contribution < 1.29 is 0 Å². The van der Waals surface area contributed by atoms with Crippen molar-refractivity contribution in [3.63, 3.8) is 0 Å².